The summed E-state index contributed by atoms with van der Waals surface area (Å²) in [5.74, 6) is -9.06. The number of ether oxygens (including phenoxy) is 4. The van der Waals surface area contributed by atoms with E-state index in [2.05, 4.69) is 111 Å². The van der Waals surface area contributed by atoms with Crippen LogP contribution in [0.4, 0.5) is 14.4 Å². The van der Waals surface area contributed by atoms with Gasteiger partial charge in [0, 0.05) is 66.5 Å². The van der Waals surface area contributed by atoms with Crippen LogP contribution in [0.2, 0.25) is 0 Å². The molecule has 31 nitrogen and oxygen atoms in total. The number of nitrogens with two attached hydrogens (primary N) is 1. The molecule has 12 atom stereocenters. The monoisotopic (exact) mass is 1780 g/mol. The van der Waals surface area contributed by atoms with Gasteiger partial charge in [0.15, 0.2) is 11.6 Å². The molecule has 4 aliphatic rings. The molecule has 0 unspecified atom stereocenters. The Morgan fingerprint density at radius 3 is 1.04 bits per heavy atom. The second-order valence-corrected chi connectivity index (χ2v) is 34.2. The largest absolute Gasteiger partial charge is 0.515 e. The molecule has 1 saturated carbocycles. The second kappa shape index (κ2) is 53.8. The lowest BCUT2D eigenvalue weighted by atomic mass is 9.73. The summed E-state index contributed by atoms with van der Waals surface area (Å²) in [4.78, 5) is 164. The number of amides is 5. The van der Waals surface area contributed by atoms with Gasteiger partial charge in [-0.15, -0.1) is 0 Å². The van der Waals surface area contributed by atoms with Gasteiger partial charge in [-0.25, -0.2) is 28.8 Å². The highest BCUT2D eigenvalue weighted by Gasteiger charge is 2.40. The number of aliphatic carboxylic acids is 6. The van der Waals surface area contributed by atoms with Gasteiger partial charge in [0.1, 0.15) is 53.2 Å². The molecule has 0 spiro atoms. The van der Waals surface area contributed by atoms with Crippen LogP contribution in [0.1, 0.15) is 293 Å². The Labute approximate surface area is 751 Å². The SMILES string of the molecule is C=C(C)[C@@H]1CCC(C)=C[C@H]1c1c(C)cc(CCCCC)cc1OC(=O)N[C@@H](C)C(=O)N[C@@H](CCC(=O)O)C(=O)O.C=C(C)[C@@H]1CCC(C)=C[C@H]1c1c(C)cc(CCCCC)cc1OC(=O)OC1C(=O)CCC1=O.C=C(C)[C@@H]1CCC(C)=C[C@H]1c1c(O)cc(CCCCC)cc1OC(=O)N[C@@H](C)C(=O)N[C@@H](CCC(=O)O)C(=O)O.C[C@H](N)C(=O)N[C@@H](CCC(=O)O)C(=O)O. The minimum atomic E-state index is -1.42. The zero-order valence-corrected chi connectivity index (χ0v) is 76.8. The highest BCUT2D eigenvalue weighted by atomic mass is 16.7. The van der Waals surface area contributed by atoms with Gasteiger partial charge >= 0.3 is 54.2 Å². The number of carbonyl (C=O) groups is 14. The van der Waals surface area contributed by atoms with Gasteiger partial charge in [-0.05, 0) is 242 Å². The number of phenols is 1. The fraction of sp³-hybridized carbons (Fsp3) is 0.546. The molecule has 0 radical (unpaired) electrons. The molecule has 0 heterocycles. The first-order valence-electron chi connectivity index (χ1n) is 44.2. The van der Waals surface area contributed by atoms with E-state index in [1.54, 1.807) is 12.1 Å². The minimum Gasteiger partial charge on any atom is -0.507 e. The predicted octanol–water partition coefficient (Wildman–Crippen LogP) is 16.0. The molecule has 5 amide bonds. The van der Waals surface area contributed by atoms with Crippen LogP contribution >= 0.6 is 0 Å². The van der Waals surface area contributed by atoms with E-state index < -0.39 is 127 Å². The van der Waals surface area contributed by atoms with Crippen molar-refractivity contribution < 1.29 is 122 Å². The number of nitrogens with one attached hydrogen (secondary N) is 5. The van der Waals surface area contributed by atoms with Gasteiger partial charge in [0.2, 0.25) is 23.8 Å². The van der Waals surface area contributed by atoms with Crippen LogP contribution in [0.15, 0.2) is 108 Å². The molecule has 3 aromatic rings. The van der Waals surface area contributed by atoms with Crippen molar-refractivity contribution >= 4 is 83.4 Å². The lowest BCUT2D eigenvalue weighted by molar-refractivity contribution is -0.144. The molecule has 0 bridgehead atoms. The zero-order chi connectivity index (χ0) is 96.1. The number of ketones is 2. The Balaban J connectivity index is 0.000000373. The summed E-state index contributed by atoms with van der Waals surface area (Å²) in [6.45, 7) is 39.5. The van der Waals surface area contributed by atoms with Crippen molar-refractivity contribution in [3.05, 3.63) is 152 Å². The van der Waals surface area contributed by atoms with Crippen molar-refractivity contribution in [1.29, 1.82) is 0 Å². The standard InChI is InChI=1S/C31H44N2O7.C30H42N2O8.C28H36O5.C8H14N2O5/c1-7-8-9-10-22-16-20(5)28(24-15-19(4)11-12-23(24)18(2)3)26(17-22)40-31(39)32-21(6)29(36)33-25(30(37)38)13-14-27(34)35;1-6-7-8-9-20-15-24(33)27(22-14-18(4)10-11-21(22)17(2)3)25(16-20)40-30(39)31-19(5)28(36)32-23(29(37)38)12-13-26(34)35;1-6-7-8-9-20-15-19(5)26(22-14-18(4)10-11-21(22)17(2)3)25(16-20)32-28(31)33-27-23(29)12-13-24(27)30;1-4(9)7(13)10-5(8(14)15)2-3-6(11)12/h15-17,21,23-25H,2,7-14H2,1,3-6H3,(H,32,39)(H,33,36)(H,34,35)(H,37,38);14-16,19,21-23,33H,2,6-13H2,1,3-5H3,(H,31,39)(H,32,36)(H,34,35)(H,37,38);14-16,21-22,27H,2,6-13H2,1,3-5H3;4-5H,2-3,9H2,1H3,(H,10,13)(H,11,12)(H,14,15)/t21-,23-,24+,25-;19-,21-,22+,23-;21-,22+;4-,5-/m0000/s1. The topological polar surface area (TPSA) is 504 Å². The van der Waals surface area contributed by atoms with Gasteiger partial charge in [-0.2, -0.15) is 0 Å². The summed E-state index contributed by atoms with van der Waals surface area (Å²) < 4.78 is 22.4. The maximum atomic E-state index is 13.0. The first-order chi connectivity index (χ1) is 60.2. The van der Waals surface area contributed by atoms with Crippen LogP contribution in [-0.2, 0) is 76.7 Å². The maximum Gasteiger partial charge on any atom is 0.515 e. The summed E-state index contributed by atoms with van der Waals surface area (Å²) in [6.07, 6.45) is 18.3. The van der Waals surface area contributed by atoms with Gasteiger partial charge in [-0.1, -0.05) is 143 Å². The molecule has 0 aliphatic heterocycles. The second-order valence-electron chi connectivity index (χ2n) is 34.2. The van der Waals surface area contributed by atoms with E-state index in [1.807, 2.05) is 53.7 Å². The Morgan fingerprint density at radius 1 is 0.430 bits per heavy atom. The van der Waals surface area contributed by atoms with Gasteiger partial charge in [0.25, 0.3) is 0 Å². The van der Waals surface area contributed by atoms with Gasteiger partial charge in [-0.3, -0.25) is 38.4 Å². The minimum absolute atomic E-state index is 0.00924. The van der Waals surface area contributed by atoms with Crippen LogP contribution in [0.5, 0.6) is 23.0 Å². The van der Waals surface area contributed by atoms with Crippen LogP contribution in [-0.4, -0.2) is 162 Å². The molecular formula is C97H136N6O25. The summed E-state index contributed by atoms with van der Waals surface area (Å²) in [7, 11) is 0. The smallest absolute Gasteiger partial charge is 0.507 e. The Bertz CT molecular complexity index is 4400. The molecule has 4 aliphatic carbocycles. The normalized spacial score (nSPS) is 18.4. The molecule has 704 valence electrons. The third-order valence-corrected chi connectivity index (χ3v) is 23.0. The van der Waals surface area contributed by atoms with Crippen molar-refractivity contribution in [2.75, 3.05) is 0 Å². The molecule has 1 fully saturated rings. The Hall–Kier alpha value is -11.8. The maximum absolute atomic E-state index is 13.0. The molecule has 7 rings (SSSR count). The molecule has 3 aromatic carbocycles. The summed E-state index contributed by atoms with van der Waals surface area (Å²) in [5.41, 5.74) is 19.5. The molecule has 31 heteroatoms. The number of carboxylic acids is 6. The number of unbranched alkanes of at least 4 members (excludes halogenated alkanes) is 6. The Kier molecular flexibility index (Phi) is 45.6. The van der Waals surface area contributed by atoms with Crippen LogP contribution in [0.25, 0.3) is 0 Å². The van der Waals surface area contributed by atoms with E-state index >= 15 is 0 Å². The number of hydrogen-bond donors (Lipinski definition) is 13. The number of hydrogen-bond acceptors (Lipinski definition) is 20. The predicted molar refractivity (Wildman–Crippen MR) is 483 cm³/mol. The van der Waals surface area contributed by atoms with E-state index in [-0.39, 0.29) is 97.1 Å². The Morgan fingerprint density at radius 2 is 0.734 bits per heavy atom. The van der Waals surface area contributed by atoms with Crippen molar-refractivity contribution in [1.82, 2.24) is 26.6 Å². The first kappa shape index (κ1) is 109. The number of rotatable bonds is 42. The van der Waals surface area contributed by atoms with Crippen molar-refractivity contribution in [3.8, 4) is 23.0 Å². The van der Waals surface area contributed by atoms with E-state index in [4.69, 9.17) is 45.1 Å². The van der Waals surface area contributed by atoms with E-state index in [9.17, 15) is 82.4 Å². The van der Waals surface area contributed by atoms with Crippen molar-refractivity contribution in [2.24, 2.45) is 23.5 Å². The molecule has 0 aromatic heterocycles. The quantitative estimate of drug-likeness (QED) is 0.00823. The van der Waals surface area contributed by atoms with E-state index in [0.717, 1.165) is 170 Å². The van der Waals surface area contributed by atoms with Crippen molar-refractivity contribution in [3.63, 3.8) is 0 Å². The van der Waals surface area contributed by atoms with Crippen molar-refractivity contribution in [2.45, 2.75) is 324 Å². The highest BCUT2D eigenvalue weighted by Crippen LogP contribution is 2.49. The lowest BCUT2D eigenvalue weighted by Gasteiger charge is -2.32. The van der Waals surface area contributed by atoms with Crippen LogP contribution < -0.4 is 46.5 Å². The van der Waals surface area contributed by atoms with Gasteiger partial charge in [0.05, 0.1) is 6.04 Å². The van der Waals surface area contributed by atoms with E-state index in [1.165, 1.54) is 31.9 Å². The third-order valence-electron chi connectivity index (χ3n) is 23.0. The van der Waals surface area contributed by atoms with Crippen LogP contribution in [0, 0.1) is 31.6 Å². The highest BCUT2D eigenvalue weighted by molar-refractivity contribution is 6.12. The number of carbonyl (C=O) groups excluding carboxylic acids is 8. The van der Waals surface area contributed by atoms with Crippen LogP contribution in [0.3, 0.4) is 0 Å². The zero-order valence-electron chi connectivity index (χ0n) is 76.8. The lowest BCUT2D eigenvalue weighted by Crippen LogP contribution is -2.51. The van der Waals surface area contributed by atoms with Gasteiger partial charge < -0.3 is 87.0 Å². The number of aryl methyl sites for hydroxylation is 5. The fourth-order valence-electron chi connectivity index (χ4n) is 15.9. The number of Topliss-reactive ketones (excluding diaryl/α,β-unsaturated/α-hetero) is 2. The number of carboxylic acid groups (broad SMARTS) is 6. The van der Waals surface area contributed by atoms with E-state index in [0.29, 0.717) is 23.5 Å². The molecular weight excluding hydrogens is 1650 g/mol. The number of aromatic hydroxyl groups is 1. The number of allylic oxidation sites excluding steroid dienone is 9. The molecule has 0 saturated heterocycles. The summed E-state index contributed by atoms with van der Waals surface area (Å²) in [6, 6.07) is 4.48. The number of phenolic OH excluding ortho intramolecular Hbond substituents is 1. The average molecular weight is 1790 g/mol. The first-order valence-corrected chi connectivity index (χ1v) is 44.2. The summed E-state index contributed by atoms with van der Waals surface area (Å²) >= 11 is 0. The summed E-state index contributed by atoms with van der Waals surface area (Å²) in [5, 5.41) is 76.0. The molecule has 128 heavy (non-hydrogen) atoms. The third kappa shape index (κ3) is 35.8. The average Bonchev–Trinajstić information content (AvgIpc) is 0.841. The fourth-order valence-corrected chi connectivity index (χ4v) is 15.9. The molecule has 14 N–H and O–H groups in total. The number of benzene rings is 3.